The molecule has 0 saturated carbocycles. The number of anilines is 1. The van der Waals surface area contributed by atoms with Gasteiger partial charge in [0.15, 0.2) is 0 Å². The van der Waals surface area contributed by atoms with Gasteiger partial charge in [0.1, 0.15) is 18.0 Å². The summed E-state index contributed by atoms with van der Waals surface area (Å²) in [6.07, 6.45) is 2.57. The molecule has 0 aliphatic rings. The van der Waals surface area contributed by atoms with Gasteiger partial charge in [-0.1, -0.05) is 13.3 Å². The maximum atomic E-state index is 12.1. The molecule has 0 aliphatic heterocycles. The largest absolute Gasteiger partial charge is 0.495 e. The maximum Gasteiger partial charge on any atom is 0.271 e. The fourth-order valence-corrected chi connectivity index (χ4v) is 2.81. The zero-order chi connectivity index (χ0) is 18.3. The molecule has 1 rings (SSSR count). The van der Waals surface area contributed by atoms with Crippen LogP contribution < -0.4 is 14.4 Å². The molecule has 0 saturated heterocycles. The van der Waals surface area contributed by atoms with E-state index in [1.807, 2.05) is 6.92 Å². The predicted octanol–water partition coefficient (Wildman–Crippen LogP) is 1.29. The molecule has 0 aromatic heterocycles. The van der Waals surface area contributed by atoms with Crippen LogP contribution in [0, 0.1) is 10.1 Å². The van der Waals surface area contributed by atoms with Crippen molar-refractivity contribution in [1.29, 1.82) is 0 Å². The van der Waals surface area contributed by atoms with E-state index < -0.39 is 27.4 Å². The number of nitro benzene ring substituents is 1. The number of benzene rings is 1. The van der Waals surface area contributed by atoms with Gasteiger partial charge in [0.05, 0.1) is 18.3 Å². The number of amides is 1. The predicted molar refractivity (Wildman–Crippen MR) is 89.8 cm³/mol. The second-order valence-electron chi connectivity index (χ2n) is 5.09. The minimum Gasteiger partial charge on any atom is -0.495 e. The number of hydrogen-bond acceptors (Lipinski definition) is 6. The van der Waals surface area contributed by atoms with Crippen molar-refractivity contribution in [2.45, 2.75) is 19.8 Å². The van der Waals surface area contributed by atoms with E-state index in [9.17, 15) is 23.3 Å². The lowest BCUT2D eigenvalue weighted by Crippen LogP contribution is -2.40. The Bertz CT molecular complexity index is 704. The van der Waals surface area contributed by atoms with Crippen LogP contribution in [-0.4, -0.2) is 45.7 Å². The first kappa shape index (κ1) is 19.7. The van der Waals surface area contributed by atoms with Crippen molar-refractivity contribution in [2.75, 3.05) is 30.8 Å². The Morgan fingerprint density at radius 1 is 1.42 bits per heavy atom. The number of nitro groups is 1. The van der Waals surface area contributed by atoms with Crippen LogP contribution in [0.4, 0.5) is 11.4 Å². The Labute approximate surface area is 140 Å². The van der Waals surface area contributed by atoms with Gasteiger partial charge in [0.25, 0.3) is 5.69 Å². The third-order valence-corrected chi connectivity index (χ3v) is 4.31. The summed E-state index contributed by atoms with van der Waals surface area (Å²) in [6.45, 7) is 1.90. The van der Waals surface area contributed by atoms with E-state index in [2.05, 4.69) is 5.32 Å². The number of nitrogens with zero attached hydrogens (tertiary/aromatic N) is 2. The first-order valence-electron chi connectivity index (χ1n) is 7.27. The Hall–Kier alpha value is -2.36. The van der Waals surface area contributed by atoms with E-state index in [0.717, 1.165) is 29.5 Å². The quantitative estimate of drug-likeness (QED) is 0.403. The van der Waals surface area contributed by atoms with Crippen LogP contribution in [0.2, 0.25) is 0 Å². The third-order valence-electron chi connectivity index (χ3n) is 3.18. The number of ether oxygens (including phenoxy) is 1. The van der Waals surface area contributed by atoms with Crippen molar-refractivity contribution >= 4 is 27.3 Å². The standard InChI is InChI=1S/C14H21N3O6S/c1-4-5-8-15-14(18)10-16(24(3,21)22)12-9-11(17(19)20)6-7-13(12)23-2/h6-7,9H,4-5,8,10H2,1-3H3,(H,15,18). The number of methoxy groups -OCH3 is 1. The highest BCUT2D eigenvalue weighted by Gasteiger charge is 2.26. The van der Waals surface area contributed by atoms with Gasteiger partial charge in [-0.25, -0.2) is 8.42 Å². The lowest BCUT2D eigenvalue weighted by atomic mass is 10.2. The van der Waals surface area contributed by atoms with Crippen molar-refractivity contribution in [3.63, 3.8) is 0 Å². The molecule has 0 unspecified atom stereocenters. The van der Waals surface area contributed by atoms with Gasteiger partial charge >= 0.3 is 0 Å². The summed E-state index contributed by atoms with van der Waals surface area (Å²) in [7, 11) is -2.54. The molecule has 0 fully saturated rings. The highest BCUT2D eigenvalue weighted by Crippen LogP contribution is 2.33. The van der Waals surface area contributed by atoms with Crippen molar-refractivity contribution in [2.24, 2.45) is 0 Å². The van der Waals surface area contributed by atoms with Crippen molar-refractivity contribution < 1.29 is 22.9 Å². The maximum absolute atomic E-state index is 12.1. The first-order chi connectivity index (χ1) is 11.2. The molecule has 1 amide bonds. The molecule has 134 valence electrons. The number of carbonyl (C=O) groups is 1. The molecule has 0 spiro atoms. The van der Waals surface area contributed by atoms with E-state index in [4.69, 9.17) is 4.74 Å². The normalized spacial score (nSPS) is 11.0. The summed E-state index contributed by atoms with van der Waals surface area (Å²) in [5.41, 5.74) is -0.356. The number of nitrogens with one attached hydrogen (secondary N) is 1. The average molecular weight is 359 g/mol. The smallest absolute Gasteiger partial charge is 0.271 e. The van der Waals surface area contributed by atoms with Gasteiger partial charge in [0.2, 0.25) is 15.9 Å². The van der Waals surface area contributed by atoms with Gasteiger partial charge in [-0.15, -0.1) is 0 Å². The molecule has 24 heavy (non-hydrogen) atoms. The van der Waals surface area contributed by atoms with Crippen LogP contribution >= 0.6 is 0 Å². The second kappa shape index (κ2) is 8.48. The van der Waals surface area contributed by atoms with Gasteiger partial charge in [0, 0.05) is 18.7 Å². The van der Waals surface area contributed by atoms with Crippen LogP contribution in [0.15, 0.2) is 18.2 Å². The average Bonchev–Trinajstić information content (AvgIpc) is 2.51. The van der Waals surface area contributed by atoms with Gasteiger partial charge in [-0.2, -0.15) is 0 Å². The summed E-state index contributed by atoms with van der Waals surface area (Å²) in [4.78, 5) is 22.3. The summed E-state index contributed by atoms with van der Waals surface area (Å²) in [5, 5.41) is 13.6. The first-order valence-corrected chi connectivity index (χ1v) is 9.12. The molecular formula is C14H21N3O6S. The summed E-state index contributed by atoms with van der Waals surface area (Å²) in [6, 6.07) is 3.56. The Kier molecular flexibility index (Phi) is 6.96. The van der Waals surface area contributed by atoms with Gasteiger partial charge < -0.3 is 10.1 Å². The molecule has 0 atom stereocenters. The van der Waals surface area contributed by atoms with E-state index in [-0.39, 0.29) is 17.1 Å². The lowest BCUT2D eigenvalue weighted by Gasteiger charge is -2.23. The van der Waals surface area contributed by atoms with E-state index >= 15 is 0 Å². The number of carbonyl (C=O) groups excluding carboxylic acids is 1. The minimum absolute atomic E-state index is 0.0557. The summed E-state index contributed by atoms with van der Waals surface area (Å²) < 4.78 is 30.0. The van der Waals surface area contributed by atoms with Crippen LogP contribution in [0.3, 0.4) is 0 Å². The zero-order valence-corrected chi connectivity index (χ0v) is 14.6. The molecule has 9 nitrogen and oxygen atoms in total. The van der Waals surface area contributed by atoms with Crippen LogP contribution in [0.1, 0.15) is 19.8 Å². The number of rotatable bonds is 9. The van der Waals surface area contributed by atoms with Gasteiger partial charge in [-0.05, 0) is 12.5 Å². The number of hydrogen-bond donors (Lipinski definition) is 1. The highest BCUT2D eigenvalue weighted by molar-refractivity contribution is 7.92. The Morgan fingerprint density at radius 3 is 2.58 bits per heavy atom. The number of sulfonamides is 1. The fourth-order valence-electron chi connectivity index (χ4n) is 1.96. The topological polar surface area (TPSA) is 119 Å². The molecule has 1 aromatic carbocycles. The van der Waals surface area contributed by atoms with Crippen molar-refractivity contribution in [1.82, 2.24) is 5.32 Å². The van der Waals surface area contributed by atoms with E-state index in [1.165, 1.54) is 19.2 Å². The monoisotopic (exact) mass is 359 g/mol. The molecule has 1 N–H and O–H groups in total. The van der Waals surface area contributed by atoms with Crippen molar-refractivity contribution in [3.05, 3.63) is 28.3 Å². The zero-order valence-electron chi connectivity index (χ0n) is 13.8. The lowest BCUT2D eigenvalue weighted by molar-refractivity contribution is -0.384. The third kappa shape index (κ3) is 5.37. The molecule has 1 aromatic rings. The van der Waals surface area contributed by atoms with Crippen molar-refractivity contribution in [3.8, 4) is 5.75 Å². The van der Waals surface area contributed by atoms with E-state index in [0.29, 0.717) is 6.54 Å². The fraction of sp³-hybridized carbons (Fsp3) is 0.500. The molecule has 10 heteroatoms. The summed E-state index contributed by atoms with van der Waals surface area (Å²) in [5.74, 6) is -0.380. The number of unbranched alkanes of at least 4 members (excludes halogenated alkanes) is 1. The van der Waals surface area contributed by atoms with E-state index in [1.54, 1.807) is 0 Å². The SMILES string of the molecule is CCCCNC(=O)CN(c1cc([N+](=O)[O-])ccc1OC)S(C)(=O)=O. The number of non-ortho nitro benzene ring substituents is 1. The Balaban J connectivity index is 3.19. The molecule has 0 radical (unpaired) electrons. The molecule has 0 bridgehead atoms. The highest BCUT2D eigenvalue weighted by atomic mass is 32.2. The van der Waals surface area contributed by atoms with Crippen LogP contribution in [0.5, 0.6) is 5.75 Å². The molecule has 0 heterocycles. The van der Waals surface area contributed by atoms with Gasteiger partial charge in [-0.3, -0.25) is 19.2 Å². The minimum atomic E-state index is -3.85. The second-order valence-corrected chi connectivity index (χ2v) is 6.99. The Morgan fingerprint density at radius 2 is 2.08 bits per heavy atom. The van der Waals surface area contributed by atoms with Crippen LogP contribution in [-0.2, 0) is 14.8 Å². The summed E-state index contributed by atoms with van der Waals surface area (Å²) >= 11 is 0. The van der Waals surface area contributed by atoms with Crippen LogP contribution in [0.25, 0.3) is 0 Å². The molecule has 0 aliphatic carbocycles. The molecular weight excluding hydrogens is 338 g/mol.